The Morgan fingerprint density at radius 2 is 1.84 bits per heavy atom. The minimum Gasteiger partial charge on any atom is -0.380 e. The second-order valence-electron chi connectivity index (χ2n) is 4.15. The van der Waals surface area contributed by atoms with Crippen molar-refractivity contribution in [2.75, 3.05) is 5.32 Å². The molecule has 4 heteroatoms. The number of nitrogens with one attached hydrogen (secondary N) is 2. The summed E-state index contributed by atoms with van der Waals surface area (Å²) in [5, 5.41) is 10.6. The lowest BCUT2D eigenvalue weighted by atomic mass is 10.1. The quantitative estimate of drug-likeness (QED) is 0.715. The first-order chi connectivity index (χ1) is 9.20. The maximum absolute atomic E-state index is 11.0. The van der Waals surface area contributed by atoms with Crippen molar-refractivity contribution in [2.45, 2.75) is 6.54 Å². The van der Waals surface area contributed by atoms with Crippen LogP contribution in [0.4, 0.5) is 5.69 Å². The number of benzene rings is 2. The van der Waals surface area contributed by atoms with E-state index >= 15 is 0 Å². The van der Waals surface area contributed by atoms with Crippen molar-refractivity contribution in [1.29, 1.82) is 5.41 Å². The summed E-state index contributed by atoms with van der Waals surface area (Å²) in [6.07, 6.45) is 1.32. The molecule has 4 N–H and O–H groups in total. The topological polar surface area (TPSA) is 79.0 Å². The van der Waals surface area contributed by atoms with E-state index in [1.54, 1.807) is 12.1 Å². The average Bonchev–Trinajstić information content (AvgIpc) is 2.45. The summed E-state index contributed by atoms with van der Waals surface area (Å²) in [4.78, 5) is 11.0. The highest BCUT2D eigenvalue weighted by molar-refractivity contribution is 5.92. The standard InChI is InChI=1S/C15H15N3O/c16-9-13-3-1-2-4-14(13)18-10-11-5-7-12(8-6-11)15(17)19/h1-9,16,18H,10H2,(H2,17,19). The van der Waals surface area contributed by atoms with Gasteiger partial charge in [0.15, 0.2) is 0 Å². The van der Waals surface area contributed by atoms with Gasteiger partial charge in [0.05, 0.1) is 0 Å². The Balaban J connectivity index is 2.06. The van der Waals surface area contributed by atoms with Crippen molar-refractivity contribution in [1.82, 2.24) is 0 Å². The molecule has 2 aromatic carbocycles. The third kappa shape index (κ3) is 3.19. The molecule has 19 heavy (non-hydrogen) atoms. The van der Waals surface area contributed by atoms with Crippen LogP contribution in [0.5, 0.6) is 0 Å². The summed E-state index contributed by atoms with van der Waals surface area (Å²) in [5.41, 5.74) is 8.49. The molecule has 1 amide bonds. The summed E-state index contributed by atoms with van der Waals surface area (Å²) in [6.45, 7) is 0.629. The molecule has 0 bridgehead atoms. The van der Waals surface area contributed by atoms with Crippen LogP contribution < -0.4 is 11.1 Å². The molecule has 96 valence electrons. The van der Waals surface area contributed by atoms with E-state index in [2.05, 4.69) is 5.32 Å². The summed E-state index contributed by atoms with van der Waals surface area (Å²) in [6, 6.07) is 14.8. The largest absolute Gasteiger partial charge is 0.380 e. The highest BCUT2D eigenvalue weighted by Gasteiger charge is 2.01. The number of amides is 1. The summed E-state index contributed by atoms with van der Waals surface area (Å²) in [5.74, 6) is -0.423. The Morgan fingerprint density at radius 3 is 2.47 bits per heavy atom. The molecule has 0 aliphatic rings. The predicted octanol–water partition coefficient (Wildman–Crippen LogP) is 2.40. The van der Waals surface area contributed by atoms with E-state index in [9.17, 15) is 4.79 Å². The molecule has 0 unspecified atom stereocenters. The van der Waals surface area contributed by atoms with E-state index in [4.69, 9.17) is 11.1 Å². The van der Waals surface area contributed by atoms with Gasteiger partial charge in [-0.3, -0.25) is 4.79 Å². The number of hydrogen-bond donors (Lipinski definition) is 3. The smallest absolute Gasteiger partial charge is 0.248 e. The highest BCUT2D eigenvalue weighted by atomic mass is 16.1. The Morgan fingerprint density at radius 1 is 1.16 bits per heavy atom. The first-order valence-corrected chi connectivity index (χ1v) is 5.93. The minimum atomic E-state index is -0.423. The van der Waals surface area contributed by atoms with Gasteiger partial charge in [-0.25, -0.2) is 0 Å². The third-order valence-electron chi connectivity index (χ3n) is 2.84. The zero-order valence-electron chi connectivity index (χ0n) is 10.4. The minimum absolute atomic E-state index is 0.423. The van der Waals surface area contributed by atoms with Gasteiger partial charge in [0.25, 0.3) is 0 Å². The first kappa shape index (κ1) is 12.8. The molecule has 0 saturated heterocycles. The maximum Gasteiger partial charge on any atom is 0.248 e. The second kappa shape index (κ2) is 5.82. The molecule has 2 rings (SSSR count). The number of rotatable bonds is 5. The molecule has 0 aliphatic carbocycles. The number of nitrogens with two attached hydrogens (primary N) is 1. The van der Waals surface area contributed by atoms with E-state index in [-0.39, 0.29) is 0 Å². The average molecular weight is 253 g/mol. The van der Waals surface area contributed by atoms with Gasteiger partial charge in [0.1, 0.15) is 0 Å². The Kier molecular flexibility index (Phi) is 3.93. The fourth-order valence-corrected chi connectivity index (χ4v) is 1.77. The van der Waals surface area contributed by atoms with Crippen LogP contribution in [-0.4, -0.2) is 12.1 Å². The van der Waals surface area contributed by atoms with Gasteiger partial charge in [-0.1, -0.05) is 30.3 Å². The second-order valence-corrected chi connectivity index (χ2v) is 4.15. The van der Waals surface area contributed by atoms with Crippen LogP contribution in [0.25, 0.3) is 0 Å². The van der Waals surface area contributed by atoms with Crippen LogP contribution in [0, 0.1) is 5.41 Å². The predicted molar refractivity (Wildman–Crippen MR) is 76.6 cm³/mol. The Labute approximate surface area is 111 Å². The van der Waals surface area contributed by atoms with Crippen LogP contribution >= 0.6 is 0 Å². The van der Waals surface area contributed by atoms with Crippen LogP contribution in [0.1, 0.15) is 21.5 Å². The number of hydrogen-bond acceptors (Lipinski definition) is 3. The fraction of sp³-hybridized carbons (Fsp3) is 0.0667. The third-order valence-corrected chi connectivity index (χ3v) is 2.84. The van der Waals surface area contributed by atoms with E-state index in [1.807, 2.05) is 36.4 Å². The lowest BCUT2D eigenvalue weighted by Crippen LogP contribution is -2.10. The molecule has 0 spiro atoms. The Bertz CT molecular complexity index is 591. The van der Waals surface area contributed by atoms with Crippen molar-refractivity contribution >= 4 is 17.8 Å². The molecule has 0 heterocycles. The van der Waals surface area contributed by atoms with Gasteiger partial charge in [-0.05, 0) is 23.8 Å². The van der Waals surface area contributed by atoms with Gasteiger partial charge < -0.3 is 16.5 Å². The van der Waals surface area contributed by atoms with Crippen LogP contribution in [0.3, 0.4) is 0 Å². The first-order valence-electron chi connectivity index (χ1n) is 5.93. The normalized spacial score (nSPS) is 9.89. The summed E-state index contributed by atoms with van der Waals surface area (Å²) >= 11 is 0. The fourth-order valence-electron chi connectivity index (χ4n) is 1.77. The molecule has 0 fully saturated rings. The molecule has 0 aromatic heterocycles. The molecule has 4 nitrogen and oxygen atoms in total. The van der Waals surface area contributed by atoms with Crippen LogP contribution in [0.2, 0.25) is 0 Å². The number of carbonyl (C=O) groups is 1. The molecule has 0 aliphatic heterocycles. The van der Waals surface area contributed by atoms with Crippen LogP contribution in [-0.2, 0) is 6.54 Å². The van der Waals surface area contributed by atoms with Crippen molar-refractivity contribution in [3.8, 4) is 0 Å². The molecule has 0 atom stereocenters. The zero-order chi connectivity index (χ0) is 13.7. The van der Waals surface area contributed by atoms with Crippen molar-refractivity contribution in [3.63, 3.8) is 0 Å². The van der Waals surface area contributed by atoms with Crippen molar-refractivity contribution < 1.29 is 4.79 Å². The summed E-state index contributed by atoms with van der Waals surface area (Å²) < 4.78 is 0. The van der Waals surface area contributed by atoms with E-state index in [0.29, 0.717) is 12.1 Å². The van der Waals surface area contributed by atoms with Gasteiger partial charge in [-0.15, -0.1) is 0 Å². The molecular formula is C15H15N3O. The number of primary amides is 1. The lowest BCUT2D eigenvalue weighted by Gasteiger charge is -2.09. The molecular weight excluding hydrogens is 238 g/mol. The number of carbonyl (C=O) groups excluding carboxylic acids is 1. The van der Waals surface area contributed by atoms with Gasteiger partial charge in [0, 0.05) is 29.6 Å². The van der Waals surface area contributed by atoms with Gasteiger partial charge in [-0.2, -0.15) is 0 Å². The summed E-state index contributed by atoms with van der Waals surface area (Å²) in [7, 11) is 0. The van der Waals surface area contributed by atoms with Crippen molar-refractivity contribution in [2.24, 2.45) is 5.73 Å². The highest BCUT2D eigenvalue weighted by Crippen LogP contribution is 2.14. The van der Waals surface area contributed by atoms with Crippen LogP contribution in [0.15, 0.2) is 48.5 Å². The number of anilines is 1. The molecule has 2 aromatic rings. The molecule has 0 saturated carbocycles. The zero-order valence-corrected chi connectivity index (χ0v) is 10.4. The maximum atomic E-state index is 11.0. The van der Waals surface area contributed by atoms with Gasteiger partial charge in [0.2, 0.25) is 5.91 Å². The van der Waals surface area contributed by atoms with Crippen molar-refractivity contribution in [3.05, 3.63) is 65.2 Å². The monoisotopic (exact) mass is 253 g/mol. The SMILES string of the molecule is N=Cc1ccccc1NCc1ccc(C(N)=O)cc1. The number of para-hydroxylation sites is 1. The lowest BCUT2D eigenvalue weighted by molar-refractivity contribution is 0.100. The van der Waals surface area contributed by atoms with Gasteiger partial charge >= 0.3 is 0 Å². The Hall–Kier alpha value is -2.62. The van der Waals surface area contributed by atoms with E-state index in [1.165, 1.54) is 6.21 Å². The van der Waals surface area contributed by atoms with E-state index < -0.39 is 5.91 Å². The van der Waals surface area contributed by atoms with E-state index in [0.717, 1.165) is 16.8 Å². The molecule has 0 radical (unpaired) electrons.